The molecule has 1 atom stereocenters. The number of esters is 1. The molecule has 3 aromatic carbocycles. The van der Waals surface area contributed by atoms with Gasteiger partial charge < -0.3 is 10.1 Å². The van der Waals surface area contributed by atoms with Crippen molar-refractivity contribution in [1.29, 1.82) is 0 Å². The molecule has 0 bridgehead atoms. The first-order chi connectivity index (χ1) is 18.4. The molecule has 3 rings (SSSR count). The first-order valence-corrected chi connectivity index (χ1v) is 14.7. The highest BCUT2D eigenvalue weighted by Gasteiger charge is 2.29. The lowest BCUT2D eigenvalue weighted by Gasteiger charge is -2.19. The van der Waals surface area contributed by atoms with Crippen molar-refractivity contribution in [2.24, 2.45) is 0 Å². The predicted molar refractivity (Wildman–Crippen MR) is 155 cm³/mol. The number of sulfonamides is 1. The van der Waals surface area contributed by atoms with E-state index in [1.807, 2.05) is 55.5 Å². The molecule has 0 saturated carbocycles. The van der Waals surface area contributed by atoms with Crippen LogP contribution in [0, 0.1) is 30.9 Å². The number of carbonyl (C=O) groups is 1. The second kappa shape index (κ2) is 12.9. The number of nitrogens with zero attached hydrogens (tertiary/aromatic N) is 1. The maximum atomic E-state index is 13.3. The molecular weight excluding hydrogens is 538 g/mol. The Bertz CT molecular complexity index is 1480. The maximum Gasteiger partial charge on any atom is 0.324 e. The molecule has 2 N–H and O–H groups in total. The molecule has 0 aliphatic rings. The minimum absolute atomic E-state index is 0.0977. The maximum absolute atomic E-state index is 13.3. The minimum atomic E-state index is -3.99. The van der Waals surface area contributed by atoms with Gasteiger partial charge in [-0.15, -0.1) is 11.8 Å². The summed E-state index contributed by atoms with van der Waals surface area (Å²) < 4.78 is 34.0. The fourth-order valence-corrected chi connectivity index (χ4v) is 6.42. The Morgan fingerprint density at radius 2 is 1.69 bits per heavy atom. The average Bonchev–Trinajstić information content (AvgIpc) is 2.86. The van der Waals surface area contributed by atoms with E-state index in [0.29, 0.717) is 21.8 Å². The van der Waals surface area contributed by atoms with Crippen molar-refractivity contribution in [1.82, 2.24) is 4.72 Å². The molecule has 0 fully saturated rings. The van der Waals surface area contributed by atoms with Gasteiger partial charge in [-0.05, 0) is 73.4 Å². The quantitative estimate of drug-likeness (QED) is 0.183. The van der Waals surface area contributed by atoms with Crippen LogP contribution in [0.25, 0.3) is 11.1 Å². The van der Waals surface area contributed by atoms with E-state index in [2.05, 4.69) is 10.0 Å². The largest absolute Gasteiger partial charge is 0.468 e. The van der Waals surface area contributed by atoms with Gasteiger partial charge in [0.15, 0.2) is 0 Å². The van der Waals surface area contributed by atoms with Crippen LogP contribution in [0.2, 0.25) is 0 Å². The summed E-state index contributed by atoms with van der Waals surface area (Å²) in [6.07, 6.45) is 2.76. The topological polar surface area (TPSA) is 128 Å². The number of rotatable bonds is 11. The molecule has 11 heteroatoms. The van der Waals surface area contributed by atoms with E-state index >= 15 is 0 Å². The van der Waals surface area contributed by atoms with E-state index in [9.17, 15) is 23.3 Å². The normalized spacial score (nSPS) is 12.6. The third-order valence-corrected chi connectivity index (χ3v) is 8.38. The summed E-state index contributed by atoms with van der Waals surface area (Å²) in [6, 6.07) is 17.3. The zero-order valence-electron chi connectivity index (χ0n) is 22.3. The van der Waals surface area contributed by atoms with Crippen LogP contribution in [0.3, 0.4) is 0 Å². The highest BCUT2D eigenvalue weighted by atomic mass is 32.2. The van der Waals surface area contributed by atoms with E-state index in [0.717, 1.165) is 28.5 Å². The van der Waals surface area contributed by atoms with Gasteiger partial charge in [0.05, 0.1) is 16.9 Å². The van der Waals surface area contributed by atoms with E-state index in [4.69, 9.17) is 4.74 Å². The fourth-order valence-electron chi connectivity index (χ4n) is 4.37. The predicted octanol–water partition coefficient (Wildman–Crippen LogP) is 5.19. The third-order valence-electron chi connectivity index (χ3n) is 5.96. The molecule has 9 nitrogen and oxygen atoms in total. The van der Waals surface area contributed by atoms with Crippen LogP contribution >= 0.6 is 11.8 Å². The lowest BCUT2D eigenvalue weighted by molar-refractivity contribution is -0.402. The van der Waals surface area contributed by atoms with Crippen molar-refractivity contribution in [3.63, 3.8) is 0 Å². The highest BCUT2D eigenvalue weighted by Crippen LogP contribution is 2.26. The number of nitrogens with one attached hydrogen (secondary N) is 2. The number of ether oxygens (including phenoxy) is 1. The van der Waals surface area contributed by atoms with Crippen LogP contribution in [-0.4, -0.2) is 38.7 Å². The zero-order valence-corrected chi connectivity index (χ0v) is 24.0. The SMILES string of the molecule is COC(=O)C(Cc1ccc(-c2cccc(N/C(=C/[N+](=O)[O-])SC)c2)cc1)NS(=O)(=O)c1c(C)cc(C)cc1C. The van der Waals surface area contributed by atoms with E-state index in [1.54, 1.807) is 32.2 Å². The Balaban J connectivity index is 1.82. The summed E-state index contributed by atoms with van der Waals surface area (Å²) in [4.78, 5) is 23.0. The molecule has 1 unspecified atom stereocenters. The average molecular weight is 570 g/mol. The fraction of sp³-hybridized carbons (Fsp3) is 0.250. The van der Waals surface area contributed by atoms with Crippen molar-refractivity contribution >= 4 is 33.4 Å². The van der Waals surface area contributed by atoms with Crippen LogP contribution in [0.4, 0.5) is 5.69 Å². The summed E-state index contributed by atoms with van der Waals surface area (Å²) in [6.45, 7) is 5.35. The van der Waals surface area contributed by atoms with Gasteiger partial charge in [0, 0.05) is 5.69 Å². The Morgan fingerprint density at radius 3 is 2.26 bits per heavy atom. The van der Waals surface area contributed by atoms with Crippen molar-refractivity contribution < 1.29 is 22.9 Å². The smallest absolute Gasteiger partial charge is 0.324 e. The van der Waals surface area contributed by atoms with Crippen molar-refractivity contribution in [2.75, 3.05) is 18.7 Å². The molecule has 0 aliphatic heterocycles. The van der Waals surface area contributed by atoms with Gasteiger partial charge in [0.25, 0.3) is 6.20 Å². The highest BCUT2D eigenvalue weighted by molar-refractivity contribution is 8.02. The van der Waals surface area contributed by atoms with Crippen molar-refractivity contribution in [3.8, 4) is 11.1 Å². The summed E-state index contributed by atoms with van der Waals surface area (Å²) >= 11 is 1.23. The molecule has 3 aromatic rings. The van der Waals surface area contributed by atoms with Gasteiger partial charge in [-0.3, -0.25) is 14.9 Å². The molecule has 206 valence electrons. The van der Waals surface area contributed by atoms with E-state index in [-0.39, 0.29) is 11.3 Å². The number of nitro groups is 1. The van der Waals surface area contributed by atoms with Crippen LogP contribution in [0.1, 0.15) is 22.3 Å². The number of carbonyl (C=O) groups excluding carboxylic acids is 1. The van der Waals surface area contributed by atoms with Crippen LogP contribution in [-0.2, 0) is 26.0 Å². The Morgan fingerprint density at radius 1 is 1.05 bits per heavy atom. The van der Waals surface area contributed by atoms with Crippen LogP contribution in [0.15, 0.2) is 76.8 Å². The van der Waals surface area contributed by atoms with E-state index < -0.39 is 27.0 Å². The molecule has 0 heterocycles. The molecule has 0 aliphatic carbocycles. The first kappa shape index (κ1) is 29.9. The Hall–Kier alpha value is -3.67. The second-order valence-corrected chi connectivity index (χ2v) is 11.5. The molecule has 0 aromatic heterocycles. The van der Waals surface area contributed by atoms with Crippen molar-refractivity contribution in [3.05, 3.63) is 104 Å². The molecule has 0 saturated heterocycles. The first-order valence-electron chi connectivity index (χ1n) is 12.0. The summed E-state index contributed by atoms with van der Waals surface area (Å²) in [5.74, 6) is -0.684. The Kier molecular flexibility index (Phi) is 9.90. The third kappa shape index (κ3) is 7.92. The summed E-state index contributed by atoms with van der Waals surface area (Å²) in [5, 5.41) is 14.3. The number of thioether (sulfide) groups is 1. The number of methoxy groups -OCH3 is 1. The summed E-state index contributed by atoms with van der Waals surface area (Å²) in [5.41, 5.74) is 5.35. The zero-order chi connectivity index (χ0) is 28.7. The minimum Gasteiger partial charge on any atom is -0.468 e. The molecule has 0 amide bonds. The molecule has 0 spiro atoms. The van der Waals surface area contributed by atoms with Gasteiger partial charge in [-0.2, -0.15) is 4.72 Å². The molecular formula is C28H31N3O6S2. The van der Waals surface area contributed by atoms with E-state index in [1.165, 1.54) is 18.9 Å². The van der Waals surface area contributed by atoms with Gasteiger partial charge in [0.2, 0.25) is 10.0 Å². The number of hydrogen-bond donors (Lipinski definition) is 2. The van der Waals surface area contributed by atoms with Gasteiger partial charge in [-0.1, -0.05) is 54.1 Å². The van der Waals surface area contributed by atoms with Gasteiger partial charge in [0.1, 0.15) is 11.1 Å². The van der Waals surface area contributed by atoms with Gasteiger partial charge in [-0.25, -0.2) is 8.42 Å². The van der Waals surface area contributed by atoms with Crippen molar-refractivity contribution in [2.45, 2.75) is 38.1 Å². The standard InChI is InChI=1S/C28H31N3O6S2/c1-18-13-19(2)27(20(3)14-18)39(35,36)30-25(28(32)37-4)15-21-9-11-22(12-10-21)23-7-6-8-24(16-23)29-26(38-5)17-31(33)34/h6-14,16-17,25,29-30H,15H2,1-5H3/b26-17-. The lowest BCUT2D eigenvalue weighted by Crippen LogP contribution is -2.43. The Labute approximate surface area is 232 Å². The molecule has 39 heavy (non-hydrogen) atoms. The number of hydrogen-bond acceptors (Lipinski definition) is 8. The van der Waals surface area contributed by atoms with Gasteiger partial charge >= 0.3 is 5.97 Å². The number of aryl methyl sites for hydroxylation is 3. The number of benzene rings is 3. The van der Waals surface area contributed by atoms with Crippen LogP contribution < -0.4 is 10.0 Å². The number of anilines is 1. The second-order valence-electron chi connectivity index (χ2n) is 9.01. The monoisotopic (exact) mass is 569 g/mol. The molecule has 0 radical (unpaired) electrons. The lowest BCUT2D eigenvalue weighted by atomic mass is 10.0. The summed E-state index contributed by atoms with van der Waals surface area (Å²) in [7, 11) is -2.77. The van der Waals surface area contributed by atoms with Crippen LogP contribution in [0.5, 0.6) is 0 Å².